The number of carboxylic acids is 3. The van der Waals surface area contributed by atoms with Gasteiger partial charge in [0, 0.05) is 11.9 Å². The fourth-order valence-electron chi connectivity index (χ4n) is 6.23. The van der Waals surface area contributed by atoms with Gasteiger partial charge in [0.1, 0.15) is 11.8 Å². The number of hydrogen-bond donors (Lipinski definition) is 2. The van der Waals surface area contributed by atoms with E-state index in [0.29, 0.717) is 6.54 Å². The van der Waals surface area contributed by atoms with Gasteiger partial charge in [0.2, 0.25) is 0 Å². The number of carbonyl (C=O) groups is 3. The Bertz CT molecular complexity index is 697. The van der Waals surface area contributed by atoms with Crippen molar-refractivity contribution in [2.24, 2.45) is 17.8 Å². The van der Waals surface area contributed by atoms with Crippen LogP contribution in [0.25, 0.3) is 0 Å². The van der Waals surface area contributed by atoms with E-state index in [1.54, 1.807) is 20.8 Å². The number of unbranched alkanes of at least 4 members (excludes halogenated alkanes) is 18. The maximum Gasteiger partial charge on any atom is 0.311 e. The number of carboxylic acid groups (broad SMARTS) is 3. The van der Waals surface area contributed by atoms with E-state index in [9.17, 15) is 29.7 Å². The summed E-state index contributed by atoms with van der Waals surface area (Å²) in [5.41, 5.74) is 0. The fourth-order valence-corrected chi connectivity index (χ4v) is 6.23. The minimum atomic E-state index is -1.18. The van der Waals surface area contributed by atoms with E-state index >= 15 is 0 Å². The molecule has 0 saturated heterocycles. The highest BCUT2D eigenvalue weighted by molar-refractivity contribution is 5.70. The first kappa shape index (κ1) is 41.1. The molecule has 3 unspecified atom stereocenters. The highest BCUT2D eigenvalue weighted by atomic mass is 16.4. The molecule has 43 heavy (non-hydrogen) atoms. The molecule has 0 aromatic rings. The Kier molecular flexibility index (Phi) is 25.3. The van der Waals surface area contributed by atoms with E-state index < -0.39 is 35.7 Å². The van der Waals surface area contributed by atoms with Crippen LogP contribution >= 0.6 is 0 Å². The van der Waals surface area contributed by atoms with Crippen molar-refractivity contribution in [2.45, 2.75) is 156 Å². The van der Waals surface area contributed by atoms with E-state index in [2.05, 4.69) is 19.1 Å². The van der Waals surface area contributed by atoms with Crippen LogP contribution in [0.4, 0.5) is 0 Å². The highest BCUT2D eigenvalue weighted by Gasteiger charge is 2.36. The minimum Gasteiger partial charge on any atom is -0.550 e. The molecule has 0 aliphatic rings. The molecule has 0 radical (unpaired) electrons. The van der Waals surface area contributed by atoms with Gasteiger partial charge in [-0.3, -0.25) is 9.59 Å². The summed E-state index contributed by atoms with van der Waals surface area (Å²) < 4.78 is 0.184. The number of nitrogens with zero attached hydrogens (tertiary/aromatic N) is 1. The average Bonchev–Trinajstić information content (AvgIpc) is 2.95. The van der Waals surface area contributed by atoms with Gasteiger partial charge in [-0.15, -0.1) is 0 Å². The molecule has 0 rings (SSSR count). The van der Waals surface area contributed by atoms with Gasteiger partial charge >= 0.3 is 11.9 Å². The van der Waals surface area contributed by atoms with Crippen LogP contribution in [0, 0.1) is 17.8 Å². The molecule has 0 heterocycles. The average molecular weight is 610 g/mol. The molecule has 0 spiro atoms. The lowest BCUT2D eigenvalue weighted by Crippen LogP contribution is -2.58. The topological polar surface area (TPSA) is 115 Å². The van der Waals surface area contributed by atoms with Crippen LogP contribution in [0.5, 0.6) is 0 Å². The first-order chi connectivity index (χ1) is 20.5. The number of carbonyl (C=O) groups excluding carboxylic acids is 1. The summed E-state index contributed by atoms with van der Waals surface area (Å²) in [6.45, 7) is 8.27. The molecule has 7 nitrogen and oxygen atoms in total. The van der Waals surface area contributed by atoms with Crippen molar-refractivity contribution in [1.82, 2.24) is 0 Å². The van der Waals surface area contributed by atoms with Gasteiger partial charge < -0.3 is 24.6 Å². The Balaban J connectivity index is 4.16. The number of allylic oxidation sites excluding steroid dienone is 2. The summed E-state index contributed by atoms with van der Waals surface area (Å²) in [4.78, 5) is 34.8. The molecule has 0 fully saturated rings. The third-order valence-corrected chi connectivity index (χ3v) is 8.87. The maximum atomic E-state index is 11.6. The Morgan fingerprint density at radius 3 is 1.23 bits per heavy atom. The van der Waals surface area contributed by atoms with Gasteiger partial charge in [-0.05, 0) is 52.4 Å². The van der Waals surface area contributed by atoms with Crippen molar-refractivity contribution in [1.29, 1.82) is 0 Å². The SMILES string of the molecule is CCCCCCCCCCC/C=C/CCCCCCCCCCC[N+](CC(C)C(=O)[O-])(CC(C)C(=O)O)CC(C)C(=O)O. The second kappa shape index (κ2) is 26.5. The van der Waals surface area contributed by atoms with Crippen LogP contribution in [0.3, 0.4) is 0 Å². The van der Waals surface area contributed by atoms with Gasteiger partial charge in [0.25, 0.3) is 0 Å². The molecule has 0 aromatic carbocycles. The van der Waals surface area contributed by atoms with Crippen molar-refractivity contribution >= 4 is 17.9 Å². The number of quaternary nitrogens is 1. The molecule has 252 valence electrons. The zero-order valence-corrected chi connectivity index (χ0v) is 28.3. The Morgan fingerprint density at radius 1 is 0.558 bits per heavy atom. The smallest absolute Gasteiger partial charge is 0.311 e. The molecule has 2 N–H and O–H groups in total. The standard InChI is InChI=1S/C36H67NO6/c1-5-6-7-8-9-10-11-12-13-14-15-16-17-18-19-20-21-22-23-24-25-26-27-37(28-31(2)34(38)39,29-32(3)35(40)41)30-33(4)36(42)43/h15-16,31-33H,5-14,17-30H2,1-4H3,(H2-,38,39,40,41,42,43)/b16-15+. The lowest BCUT2D eigenvalue weighted by molar-refractivity contribution is -0.934. The number of rotatable bonds is 31. The molecular weight excluding hydrogens is 542 g/mol. The highest BCUT2D eigenvalue weighted by Crippen LogP contribution is 2.22. The number of aliphatic carboxylic acids is 3. The van der Waals surface area contributed by atoms with E-state index in [-0.39, 0.29) is 24.1 Å². The Morgan fingerprint density at radius 2 is 0.884 bits per heavy atom. The maximum absolute atomic E-state index is 11.6. The van der Waals surface area contributed by atoms with Crippen molar-refractivity contribution in [3.05, 3.63) is 12.2 Å². The van der Waals surface area contributed by atoms with E-state index in [4.69, 9.17) is 0 Å². The Labute approximate surface area is 264 Å². The fraction of sp³-hybridized carbons (Fsp3) is 0.861. The van der Waals surface area contributed by atoms with Crippen molar-refractivity contribution in [3.63, 3.8) is 0 Å². The van der Waals surface area contributed by atoms with Crippen molar-refractivity contribution < 1.29 is 34.2 Å². The first-order valence-electron chi connectivity index (χ1n) is 17.7. The zero-order valence-electron chi connectivity index (χ0n) is 28.3. The largest absolute Gasteiger partial charge is 0.550 e. The second-order valence-electron chi connectivity index (χ2n) is 13.4. The van der Waals surface area contributed by atoms with Crippen LogP contribution in [0.15, 0.2) is 12.2 Å². The lowest BCUT2D eigenvalue weighted by atomic mass is 10.00. The Hall–Kier alpha value is -1.89. The molecule has 0 aliphatic heterocycles. The minimum absolute atomic E-state index is 0.184. The summed E-state index contributed by atoms with van der Waals surface area (Å²) in [5, 5.41) is 30.6. The number of hydrogen-bond acceptors (Lipinski definition) is 4. The lowest BCUT2D eigenvalue weighted by Gasteiger charge is -2.43. The molecule has 0 aromatic heterocycles. The summed E-state index contributed by atoms with van der Waals surface area (Å²) in [6.07, 6.45) is 29.9. The van der Waals surface area contributed by atoms with Gasteiger partial charge in [-0.1, -0.05) is 116 Å². The van der Waals surface area contributed by atoms with Crippen LogP contribution in [0.1, 0.15) is 156 Å². The van der Waals surface area contributed by atoms with E-state index in [1.165, 1.54) is 103 Å². The third kappa shape index (κ3) is 23.2. The quantitative estimate of drug-likeness (QED) is 0.0467. The summed E-state index contributed by atoms with van der Waals surface area (Å²) in [7, 11) is 0. The molecule has 7 heteroatoms. The molecule has 0 aliphatic carbocycles. The van der Waals surface area contributed by atoms with Crippen LogP contribution in [0.2, 0.25) is 0 Å². The van der Waals surface area contributed by atoms with Gasteiger partial charge in [-0.2, -0.15) is 0 Å². The molecule has 3 atom stereocenters. The molecule has 0 amide bonds. The molecule has 0 saturated carbocycles. The van der Waals surface area contributed by atoms with E-state index in [1.807, 2.05) is 0 Å². The van der Waals surface area contributed by atoms with Gasteiger partial charge in [0.05, 0.1) is 26.2 Å². The normalized spacial score (nSPS) is 15.3. The van der Waals surface area contributed by atoms with Crippen molar-refractivity contribution in [2.75, 3.05) is 26.2 Å². The second-order valence-corrected chi connectivity index (χ2v) is 13.4. The zero-order chi connectivity index (χ0) is 32.3. The molecular formula is C36H67NO6. The molecule has 0 bridgehead atoms. The van der Waals surface area contributed by atoms with Crippen LogP contribution < -0.4 is 5.11 Å². The van der Waals surface area contributed by atoms with Crippen molar-refractivity contribution in [3.8, 4) is 0 Å². The third-order valence-electron chi connectivity index (χ3n) is 8.87. The van der Waals surface area contributed by atoms with E-state index in [0.717, 1.165) is 25.7 Å². The summed E-state index contributed by atoms with van der Waals surface area (Å²) >= 11 is 0. The monoisotopic (exact) mass is 609 g/mol. The van der Waals surface area contributed by atoms with Crippen LogP contribution in [-0.4, -0.2) is 58.8 Å². The van der Waals surface area contributed by atoms with Crippen LogP contribution in [-0.2, 0) is 14.4 Å². The summed E-state index contributed by atoms with van der Waals surface area (Å²) in [6, 6.07) is 0. The van der Waals surface area contributed by atoms with Gasteiger partial charge in [0.15, 0.2) is 0 Å². The predicted octanol–water partition coefficient (Wildman–Crippen LogP) is 8.01. The predicted molar refractivity (Wildman–Crippen MR) is 175 cm³/mol. The van der Waals surface area contributed by atoms with Gasteiger partial charge in [-0.25, -0.2) is 0 Å². The first-order valence-corrected chi connectivity index (χ1v) is 17.7. The summed E-state index contributed by atoms with van der Waals surface area (Å²) in [5.74, 6) is -5.24.